The Morgan fingerprint density at radius 1 is 1.13 bits per heavy atom. The molecule has 23 heavy (non-hydrogen) atoms. The maximum Gasteiger partial charge on any atom is 0.269 e. The second-order valence-electron chi connectivity index (χ2n) is 5.87. The Labute approximate surface area is 134 Å². The van der Waals surface area contributed by atoms with Gasteiger partial charge in [-0.15, -0.1) is 0 Å². The fraction of sp³-hybridized carbons (Fsp3) is 0.278. The van der Waals surface area contributed by atoms with Crippen molar-refractivity contribution in [1.29, 1.82) is 5.26 Å². The highest BCUT2D eigenvalue weighted by Gasteiger charge is 2.33. The lowest BCUT2D eigenvalue weighted by Gasteiger charge is -2.16. The van der Waals surface area contributed by atoms with Gasteiger partial charge in [-0.25, -0.2) is 0 Å². The van der Waals surface area contributed by atoms with Crippen molar-refractivity contribution in [2.45, 2.75) is 12.5 Å². The van der Waals surface area contributed by atoms with Crippen LogP contribution in [0.5, 0.6) is 0 Å². The van der Waals surface area contributed by atoms with E-state index in [4.69, 9.17) is 0 Å². The van der Waals surface area contributed by atoms with E-state index in [0.29, 0.717) is 0 Å². The quantitative estimate of drug-likeness (QED) is 0.641. The first kappa shape index (κ1) is 15.2. The molecule has 2 aromatic carbocycles. The van der Waals surface area contributed by atoms with Crippen LogP contribution in [0.15, 0.2) is 54.6 Å². The Kier molecular flexibility index (Phi) is 4.35. The first-order valence-electron chi connectivity index (χ1n) is 7.57. The van der Waals surface area contributed by atoms with Gasteiger partial charge in [0.15, 0.2) is 0 Å². The lowest BCUT2D eigenvalue weighted by Crippen LogP contribution is -2.20. The Hall–Kier alpha value is -2.71. The summed E-state index contributed by atoms with van der Waals surface area (Å²) in [5, 5.41) is 20.2. The molecule has 1 aliphatic rings. The van der Waals surface area contributed by atoms with E-state index in [0.717, 1.165) is 25.2 Å². The molecule has 0 aromatic heterocycles. The van der Waals surface area contributed by atoms with Crippen LogP contribution in [0.2, 0.25) is 0 Å². The Balaban J connectivity index is 1.74. The first-order valence-corrected chi connectivity index (χ1v) is 7.57. The van der Waals surface area contributed by atoms with Gasteiger partial charge in [0.25, 0.3) is 5.69 Å². The predicted octanol–water partition coefficient (Wildman–Crippen LogP) is 3.33. The Bertz CT molecular complexity index is 722. The lowest BCUT2D eigenvalue weighted by atomic mass is 9.90. The van der Waals surface area contributed by atoms with Crippen LogP contribution < -0.4 is 0 Å². The van der Waals surface area contributed by atoms with E-state index in [2.05, 4.69) is 23.1 Å². The topological polar surface area (TPSA) is 70.2 Å². The molecule has 0 amide bonds. The third-order valence-electron chi connectivity index (χ3n) is 4.34. The average Bonchev–Trinajstić information content (AvgIpc) is 2.98. The molecule has 2 aromatic rings. The monoisotopic (exact) mass is 307 g/mol. The van der Waals surface area contributed by atoms with Crippen LogP contribution in [0.3, 0.4) is 0 Å². The normalized spacial score (nSPS) is 21.0. The van der Waals surface area contributed by atoms with Gasteiger partial charge in [-0.05, 0) is 11.1 Å². The predicted molar refractivity (Wildman–Crippen MR) is 86.7 cm³/mol. The standard InChI is InChI=1S/C18H17N3O2/c19-10-16-12-20(11-14-4-2-1-3-5-14)13-18(16)15-6-8-17(9-7-15)21(22)23/h1-9,16,18H,11-13H2/t16-,18-/m0/s1. The van der Waals surface area contributed by atoms with E-state index in [1.807, 2.05) is 18.2 Å². The summed E-state index contributed by atoms with van der Waals surface area (Å²) in [5.74, 6) is 0.0182. The highest BCUT2D eigenvalue weighted by Crippen LogP contribution is 2.33. The van der Waals surface area contributed by atoms with E-state index >= 15 is 0 Å². The third kappa shape index (κ3) is 3.38. The van der Waals surface area contributed by atoms with Gasteiger partial charge in [-0.2, -0.15) is 5.26 Å². The van der Waals surface area contributed by atoms with Crippen LogP contribution in [-0.2, 0) is 6.54 Å². The van der Waals surface area contributed by atoms with E-state index in [-0.39, 0.29) is 17.5 Å². The average molecular weight is 307 g/mol. The molecule has 5 heteroatoms. The molecule has 1 fully saturated rings. The molecular weight excluding hydrogens is 290 g/mol. The molecule has 5 nitrogen and oxygen atoms in total. The summed E-state index contributed by atoms with van der Waals surface area (Å²) in [4.78, 5) is 12.6. The van der Waals surface area contributed by atoms with E-state index < -0.39 is 4.92 Å². The van der Waals surface area contributed by atoms with Gasteiger partial charge >= 0.3 is 0 Å². The minimum Gasteiger partial charge on any atom is -0.297 e. The highest BCUT2D eigenvalue weighted by atomic mass is 16.6. The molecule has 0 bridgehead atoms. The van der Waals surface area contributed by atoms with E-state index in [1.54, 1.807) is 12.1 Å². The molecular formula is C18H17N3O2. The summed E-state index contributed by atoms with van der Waals surface area (Å²) < 4.78 is 0. The molecule has 1 aliphatic heterocycles. The van der Waals surface area contributed by atoms with Crippen LogP contribution in [0.4, 0.5) is 5.69 Å². The van der Waals surface area contributed by atoms with Gasteiger partial charge in [0.05, 0.1) is 16.9 Å². The summed E-state index contributed by atoms with van der Waals surface area (Å²) >= 11 is 0. The summed E-state index contributed by atoms with van der Waals surface area (Å²) in [6.07, 6.45) is 0. The van der Waals surface area contributed by atoms with Gasteiger partial charge < -0.3 is 0 Å². The summed E-state index contributed by atoms with van der Waals surface area (Å²) in [6, 6.07) is 19.2. The number of non-ortho nitro benzene ring substituents is 1. The van der Waals surface area contributed by atoms with Crippen molar-refractivity contribution in [2.24, 2.45) is 5.92 Å². The van der Waals surface area contributed by atoms with E-state index in [9.17, 15) is 15.4 Å². The molecule has 3 rings (SSSR count). The first-order chi connectivity index (χ1) is 11.2. The summed E-state index contributed by atoms with van der Waals surface area (Å²) in [7, 11) is 0. The molecule has 0 aliphatic carbocycles. The fourth-order valence-corrected chi connectivity index (χ4v) is 3.17. The Morgan fingerprint density at radius 2 is 1.83 bits per heavy atom. The molecule has 0 radical (unpaired) electrons. The molecule has 0 saturated carbocycles. The van der Waals surface area contributed by atoms with Crippen LogP contribution in [-0.4, -0.2) is 22.9 Å². The maximum absolute atomic E-state index is 10.8. The largest absolute Gasteiger partial charge is 0.297 e. The minimum atomic E-state index is -0.401. The van der Waals surface area contributed by atoms with Gasteiger partial charge in [0.1, 0.15) is 0 Å². The molecule has 2 atom stereocenters. The number of nitriles is 1. The second kappa shape index (κ2) is 6.59. The number of hydrogen-bond acceptors (Lipinski definition) is 4. The maximum atomic E-state index is 10.8. The zero-order valence-corrected chi connectivity index (χ0v) is 12.6. The minimum absolute atomic E-state index is 0.0832. The van der Waals surface area contributed by atoms with Crippen molar-refractivity contribution in [3.8, 4) is 6.07 Å². The summed E-state index contributed by atoms with van der Waals surface area (Å²) in [5.41, 5.74) is 2.31. The fourth-order valence-electron chi connectivity index (χ4n) is 3.17. The number of benzene rings is 2. The number of nitro benzene ring substituents is 1. The van der Waals surface area contributed by atoms with Crippen molar-refractivity contribution in [2.75, 3.05) is 13.1 Å². The van der Waals surface area contributed by atoms with Gasteiger partial charge in [-0.3, -0.25) is 15.0 Å². The Morgan fingerprint density at radius 3 is 2.43 bits per heavy atom. The molecule has 0 N–H and O–H groups in total. The van der Waals surface area contributed by atoms with Crippen LogP contribution in [0.25, 0.3) is 0 Å². The van der Waals surface area contributed by atoms with Gasteiger partial charge in [-0.1, -0.05) is 42.5 Å². The van der Waals surface area contributed by atoms with Crippen molar-refractivity contribution in [1.82, 2.24) is 4.90 Å². The van der Waals surface area contributed by atoms with Crippen LogP contribution in [0, 0.1) is 27.4 Å². The second-order valence-corrected chi connectivity index (χ2v) is 5.87. The summed E-state index contributed by atoms with van der Waals surface area (Å²) in [6.45, 7) is 2.35. The van der Waals surface area contributed by atoms with Crippen molar-refractivity contribution >= 4 is 5.69 Å². The van der Waals surface area contributed by atoms with Gasteiger partial charge in [0.2, 0.25) is 0 Å². The number of rotatable bonds is 4. The number of nitrogens with zero attached hydrogens (tertiary/aromatic N) is 3. The van der Waals surface area contributed by atoms with Crippen molar-refractivity contribution in [3.05, 3.63) is 75.8 Å². The number of nitro groups is 1. The van der Waals surface area contributed by atoms with Crippen LogP contribution >= 0.6 is 0 Å². The third-order valence-corrected chi connectivity index (χ3v) is 4.34. The molecule has 116 valence electrons. The smallest absolute Gasteiger partial charge is 0.269 e. The highest BCUT2D eigenvalue weighted by molar-refractivity contribution is 5.36. The number of hydrogen-bond donors (Lipinski definition) is 0. The van der Waals surface area contributed by atoms with Crippen molar-refractivity contribution in [3.63, 3.8) is 0 Å². The van der Waals surface area contributed by atoms with E-state index in [1.165, 1.54) is 17.7 Å². The van der Waals surface area contributed by atoms with Crippen LogP contribution in [0.1, 0.15) is 17.0 Å². The molecule has 0 unspecified atom stereocenters. The molecule has 1 heterocycles. The molecule has 1 saturated heterocycles. The molecule has 0 spiro atoms. The zero-order valence-electron chi connectivity index (χ0n) is 12.6. The van der Waals surface area contributed by atoms with Crippen molar-refractivity contribution < 1.29 is 4.92 Å². The van der Waals surface area contributed by atoms with Gasteiger partial charge in [0, 0.05) is 37.7 Å². The number of likely N-dealkylation sites (tertiary alicyclic amines) is 1. The SMILES string of the molecule is N#C[C@H]1CN(Cc2ccccc2)C[C@H]1c1ccc([N+](=O)[O-])cc1. The lowest BCUT2D eigenvalue weighted by molar-refractivity contribution is -0.384. The zero-order chi connectivity index (χ0) is 16.2.